The summed E-state index contributed by atoms with van der Waals surface area (Å²) in [4.78, 5) is 0. The molecule has 0 aromatic rings. The van der Waals surface area contributed by atoms with E-state index in [1.165, 1.54) is 0 Å². The first-order chi connectivity index (χ1) is 2.56. The summed E-state index contributed by atoms with van der Waals surface area (Å²) in [6, 6.07) is 0. The number of hydrogen-bond acceptors (Lipinski definition) is 1. The molecule has 0 atom stereocenters. The zero-order chi connectivity index (χ0) is 5.21. The van der Waals surface area contributed by atoms with Crippen LogP contribution in [0.4, 0.5) is 0 Å². The maximum Gasteiger partial charge on any atom is 0.141 e. The summed E-state index contributed by atoms with van der Waals surface area (Å²) in [5.41, 5.74) is 0. The summed E-state index contributed by atoms with van der Waals surface area (Å²) in [5.74, 6) is 0. The highest BCUT2D eigenvalue weighted by Gasteiger charge is 1.96. The maximum absolute atomic E-state index is 10.5. The quantitative estimate of drug-likeness (QED) is 0.501. The molecule has 0 rings (SSSR count). The molecular formula is C3H10NOP. The topological polar surface area (TPSA) is 29.1 Å². The third kappa shape index (κ3) is 4.19. The highest BCUT2D eigenvalue weighted by atomic mass is 31.2. The Morgan fingerprint density at radius 1 is 1.50 bits per heavy atom. The fourth-order valence-corrected chi connectivity index (χ4v) is 0. The van der Waals surface area contributed by atoms with Gasteiger partial charge in [0.25, 0.3) is 0 Å². The molecule has 2 nitrogen and oxygen atoms in total. The Morgan fingerprint density at radius 2 is 1.67 bits per heavy atom. The monoisotopic (exact) mass is 107 g/mol. The van der Waals surface area contributed by atoms with Crippen LogP contribution in [-0.4, -0.2) is 20.4 Å². The first-order valence-electron chi connectivity index (χ1n) is 1.80. The van der Waals surface area contributed by atoms with Gasteiger partial charge in [0, 0.05) is 13.3 Å². The van der Waals surface area contributed by atoms with Crippen LogP contribution in [0.5, 0.6) is 0 Å². The first kappa shape index (κ1) is 6.19. The van der Waals surface area contributed by atoms with Gasteiger partial charge in [0.05, 0.1) is 0 Å². The van der Waals surface area contributed by atoms with E-state index in [0.717, 1.165) is 0 Å². The number of rotatable bonds is 1. The van der Waals surface area contributed by atoms with E-state index in [-0.39, 0.29) is 0 Å². The van der Waals surface area contributed by atoms with Crippen molar-refractivity contribution in [3.63, 3.8) is 0 Å². The Kier molecular flexibility index (Phi) is 1.82. The summed E-state index contributed by atoms with van der Waals surface area (Å²) in [7, 11) is -0.201. The molecule has 0 amide bonds. The van der Waals surface area contributed by atoms with Crippen LogP contribution in [0.15, 0.2) is 0 Å². The van der Waals surface area contributed by atoms with Crippen molar-refractivity contribution in [2.45, 2.75) is 0 Å². The molecule has 0 bridgehead atoms. The lowest BCUT2D eigenvalue weighted by Gasteiger charge is -1.99. The lowest BCUT2D eigenvalue weighted by atomic mass is 11.6. The average Bonchev–Trinajstić information content (AvgIpc) is 1.35. The lowest BCUT2D eigenvalue weighted by molar-refractivity contribution is 0.577. The zero-order valence-corrected chi connectivity index (χ0v) is 5.25. The highest BCUT2D eigenvalue weighted by molar-refractivity contribution is 7.60. The predicted molar refractivity (Wildman–Crippen MR) is 28.5 cm³/mol. The van der Waals surface area contributed by atoms with Crippen LogP contribution in [0.2, 0.25) is 0 Å². The average molecular weight is 107 g/mol. The van der Waals surface area contributed by atoms with Crippen LogP contribution in [-0.2, 0) is 4.57 Å². The number of nitrogens with one attached hydrogen (secondary N) is 1. The van der Waals surface area contributed by atoms with Crippen molar-refractivity contribution in [1.82, 2.24) is 5.09 Å². The third-order valence-corrected chi connectivity index (χ3v) is 1.62. The van der Waals surface area contributed by atoms with Gasteiger partial charge in [0.2, 0.25) is 0 Å². The van der Waals surface area contributed by atoms with Gasteiger partial charge in [0.1, 0.15) is 7.29 Å². The van der Waals surface area contributed by atoms with Gasteiger partial charge in [-0.3, -0.25) is 5.09 Å². The molecule has 0 radical (unpaired) electrons. The molecule has 0 saturated heterocycles. The SMILES string of the molecule is CNP(C)(C)=O. The van der Waals surface area contributed by atoms with Crippen LogP contribution >= 0.6 is 7.29 Å². The minimum Gasteiger partial charge on any atom is -0.307 e. The summed E-state index contributed by atoms with van der Waals surface area (Å²) in [6.07, 6.45) is 0. The molecule has 6 heavy (non-hydrogen) atoms. The second-order valence-electron chi connectivity index (χ2n) is 1.57. The predicted octanol–water partition coefficient (Wildman–Crippen LogP) is 0.743. The molecule has 0 heterocycles. The summed E-state index contributed by atoms with van der Waals surface area (Å²) in [6.45, 7) is 3.38. The summed E-state index contributed by atoms with van der Waals surface area (Å²) in [5, 5.41) is 2.66. The molecule has 0 saturated carbocycles. The minimum atomic E-state index is -1.90. The van der Waals surface area contributed by atoms with Crippen molar-refractivity contribution in [3.8, 4) is 0 Å². The van der Waals surface area contributed by atoms with Gasteiger partial charge in [-0.1, -0.05) is 0 Å². The van der Waals surface area contributed by atoms with Gasteiger partial charge in [-0.2, -0.15) is 0 Å². The Balaban J connectivity index is 3.48. The minimum absolute atomic E-state index is 1.69. The Hall–Kier alpha value is 0.190. The molecule has 0 aliphatic rings. The molecule has 0 unspecified atom stereocenters. The van der Waals surface area contributed by atoms with E-state index in [0.29, 0.717) is 0 Å². The van der Waals surface area contributed by atoms with Crippen molar-refractivity contribution in [3.05, 3.63) is 0 Å². The Morgan fingerprint density at radius 3 is 1.67 bits per heavy atom. The Bertz CT molecular complexity index is 74.9. The van der Waals surface area contributed by atoms with Crippen molar-refractivity contribution < 1.29 is 4.57 Å². The van der Waals surface area contributed by atoms with Gasteiger partial charge in [-0.25, -0.2) is 0 Å². The normalized spacial score (nSPS) is 11.8. The van der Waals surface area contributed by atoms with Crippen molar-refractivity contribution in [1.29, 1.82) is 0 Å². The second-order valence-corrected chi connectivity index (χ2v) is 4.72. The van der Waals surface area contributed by atoms with E-state index in [4.69, 9.17) is 0 Å². The zero-order valence-electron chi connectivity index (χ0n) is 4.36. The molecule has 0 fully saturated rings. The molecular weight excluding hydrogens is 97.0 g/mol. The van der Waals surface area contributed by atoms with E-state index < -0.39 is 7.29 Å². The second kappa shape index (κ2) is 1.76. The van der Waals surface area contributed by atoms with Gasteiger partial charge in [-0.05, 0) is 7.05 Å². The largest absolute Gasteiger partial charge is 0.307 e. The van der Waals surface area contributed by atoms with Crippen molar-refractivity contribution >= 4 is 7.29 Å². The summed E-state index contributed by atoms with van der Waals surface area (Å²) < 4.78 is 10.5. The summed E-state index contributed by atoms with van der Waals surface area (Å²) >= 11 is 0. The van der Waals surface area contributed by atoms with Crippen LogP contribution in [0.1, 0.15) is 0 Å². The van der Waals surface area contributed by atoms with Gasteiger partial charge in [0.15, 0.2) is 0 Å². The van der Waals surface area contributed by atoms with E-state index in [1.54, 1.807) is 20.4 Å². The highest BCUT2D eigenvalue weighted by Crippen LogP contribution is 2.27. The molecule has 0 aliphatic heterocycles. The lowest BCUT2D eigenvalue weighted by Crippen LogP contribution is -1.97. The van der Waals surface area contributed by atoms with Crippen LogP contribution in [0, 0.1) is 0 Å². The molecule has 0 aromatic carbocycles. The van der Waals surface area contributed by atoms with Gasteiger partial charge < -0.3 is 4.57 Å². The molecule has 0 aliphatic carbocycles. The van der Waals surface area contributed by atoms with Crippen molar-refractivity contribution in [2.24, 2.45) is 0 Å². The van der Waals surface area contributed by atoms with Crippen LogP contribution < -0.4 is 5.09 Å². The molecule has 0 aromatic heterocycles. The Labute approximate surface area is 38.4 Å². The van der Waals surface area contributed by atoms with Crippen molar-refractivity contribution in [2.75, 3.05) is 20.4 Å². The van der Waals surface area contributed by atoms with E-state index in [2.05, 4.69) is 5.09 Å². The molecule has 3 heteroatoms. The van der Waals surface area contributed by atoms with E-state index in [9.17, 15) is 4.57 Å². The molecule has 0 spiro atoms. The number of hydrogen-bond donors (Lipinski definition) is 1. The maximum atomic E-state index is 10.5. The smallest absolute Gasteiger partial charge is 0.141 e. The van der Waals surface area contributed by atoms with Crippen LogP contribution in [0.25, 0.3) is 0 Å². The fraction of sp³-hybridized carbons (Fsp3) is 1.00. The van der Waals surface area contributed by atoms with E-state index in [1.807, 2.05) is 0 Å². The van der Waals surface area contributed by atoms with Gasteiger partial charge >= 0.3 is 0 Å². The molecule has 1 N–H and O–H groups in total. The van der Waals surface area contributed by atoms with Crippen LogP contribution in [0.3, 0.4) is 0 Å². The molecule has 38 valence electrons. The fourth-order valence-electron chi connectivity index (χ4n) is 0. The standard InChI is InChI=1S/C3H10NOP/c1-4-6(2,3)5/h1-3H3,(H,4,5). The first-order valence-corrected chi connectivity index (χ1v) is 4.40. The van der Waals surface area contributed by atoms with Gasteiger partial charge in [-0.15, -0.1) is 0 Å². The van der Waals surface area contributed by atoms with E-state index >= 15 is 0 Å². The third-order valence-electron chi connectivity index (χ3n) is 0.539.